The molecular formula is C22H34O10. The number of carbonyl (C=O) groups is 4. The van der Waals surface area contributed by atoms with Gasteiger partial charge in [0.2, 0.25) is 0 Å². The second kappa shape index (κ2) is 12.7. The molecule has 2 heterocycles. The minimum absolute atomic E-state index is 0.0730. The van der Waals surface area contributed by atoms with Crippen LogP contribution >= 0.6 is 0 Å². The Hall–Kier alpha value is -2.20. The van der Waals surface area contributed by atoms with E-state index in [1.54, 1.807) is 13.8 Å². The number of rotatable bonds is 12. The first-order valence-corrected chi connectivity index (χ1v) is 11.2. The molecule has 0 aliphatic carbocycles. The largest absolute Gasteiger partial charge is 0.462 e. The minimum Gasteiger partial charge on any atom is -0.462 e. The minimum atomic E-state index is -0.635. The number of ether oxygens (including phenoxy) is 6. The Morgan fingerprint density at radius 1 is 0.719 bits per heavy atom. The summed E-state index contributed by atoms with van der Waals surface area (Å²) >= 11 is 0. The lowest BCUT2D eigenvalue weighted by atomic mass is 10.1. The molecule has 10 nitrogen and oxygen atoms in total. The molecule has 0 saturated carbocycles. The van der Waals surface area contributed by atoms with Gasteiger partial charge in [0.15, 0.2) is 12.2 Å². The zero-order valence-corrected chi connectivity index (χ0v) is 19.2. The molecule has 6 atom stereocenters. The molecular weight excluding hydrogens is 424 g/mol. The van der Waals surface area contributed by atoms with E-state index in [1.807, 2.05) is 13.8 Å². The number of esters is 4. The van der Waals surface area contributed by atoms with Crippen molar-refractivity contribution in [3.05, 3.63) is 0 Å². The summed E-state index contributed by atoms with van der Waals surface area (Å²) in [5.74, 6) is -1.75. The Kier molecular flexibility index (Phi) is 10.4. The molecule has 182 valence electrons. The molecule has 0 amide bonds. The molecule has 0 N–H and O–H groups in total. The van der Waals surface area contributed by atoms with Crippen molar-refractivity contribution in [3.63, 3.8) is 0 Å². The van der Waals surface area contributed by atoms with Gasteiger partial charge in [-0.1, -0.05) is 13.8 Å². The van der Waals surface area contributed by atoms with Crippen LogP contribution in [0.1, 0.15) is 66.2 Å². The fraction of sp³-hybridized carbons (Fsp3) is 0.818. The number of hydrogen-bond acceptors (Lipinski definition) is 10. The van der Waals surface area contributed by atoms with Crippen LogP contribution in [0.5, 0.6) is 0 Å². The second-order valence-corrected chi connectivity index (χ2v) is 8.16. The van der Waals surface area contributed by atoms with Crippen molar-refractivity contribution in [3.8, 4) is 0 Å². The van der Waals surface area contributed by atoms with Crippen molar-refractivity contribution < 1.29 is 47.6 Å². The van der Waals surface area contributed by atoms with E-state index in [1.165, 1.54) is 0 Å². The lowest BCUT2D eigenvalue weighted by molar-refractivity contribution is -0.160. The van der Waals surface area contributed by atoms with E-state index < -0.39 is 48.6 Å². The first kappa shape index (κ1) is 26.1. The zero-order chi connectivity index (χ0) is 23.7. The van der Waals surface area contributed by atoms with E-state index in [2.05, 4.69) is 0 Å². The summed E-state index contributed by atoms with van der Waals surface area (Å²) in [6.45, 7) is 7.22. The van der Waals surface area contributed by atoms with Crippen LogP contribution < -0.4 is 0 Å². The molecule has 0 aromatic carbocycles. The van der Waals surface area contributed by atoms with E-state index in [9.17, 15) is 19.2 Å². The van der Waals surface area contributed by atoms with Gasteiger partial charge < -0.3 is 28.4 Å². The summed E-state index contributed by atoms with van der Waals surface area (Å²) in [6, 6.07) is 0. The molecule has 2 rings (SSSR count). The summed E-state index contributed by atoms with van der Waals surface area (Å²) in [7, 11) is 0. The molecule has 0 spiro atoms. The summed E-state index contributed by atoms with van der Waals surface area (Å²) in [6.07, 6.45) is -1.75. The molecule has 32 heavy (non-hydrogen) atoms. The molecule has 10 heteroatoms. The lowest BCUT2D eigenvalue weighted by Crippen LogP contribution is -2.36. The Balaban J connectivity index is 1.74. The maximum Gasteiger partial charge on any atom is 0.309 e. The van der Waals surface area contributed by atoms with Crippen LogP contribution in [0.3, 0.4) is 0 Å². The third-order valence-electron chi connectivity index (χ3n) is 5.01. The van der Waals surface area contributed by atoms with Crippen LogP contribution in [0, 0.1) is 0 Å². The van der Waals surface area contributed by atoms with E-state index in [0.717, 1.165) is 0 Å². The highest BCUT2D eigenvalue weighted by atomic mass is 16.7. The fourth-order valence-corrected chi connectivity index (χ4v) is 3.59. The third kappa shape index (κ3) is 8.05. The topological polar surface area (TPSA) is 124 Å². The highest BCUT2D eigenvalue weighted by Gasteiger charge is 2.51. The monoisotopic (exact) mass is 458 g/mol. The average molecular weight is 459 g/mol. The molecule has 0 bridgehead atoms. The van der Waals surface area contributed by atoms with Gasteiger partial charge in [0.1, 0.15) is 24.4 Å². The van der Waals surface area contributed by atoms with E-state index in [-0.39, 0.29) is 38.0 Å². The summed E-state index contributed by atoms with van der Waals surface area (Å²) in [5.41, 5.74) is 0. The Labute approximate surface area is 188 Å². The van der Waals surface area contributed by atoms with E-state index >= 15 is 0 Å². The zero-order valence-electron chi connectivity index (χ0n) is 19.2. The van der Waals surface area contributed by atoms with Crippen LogP contribution in [-0.2, 0) is 47.6 Å². The molecule has 2 fully saturated rings. The molecule has 0 radical (unpaired) electrons. The van der Waals surface area contributed by atoms with Crippen molar-refractivity contribution in [2.45, 2.75) is 103 Å². The van der Waals surface area contributed by atoms with Gasteiger partial charge in [0.05, 0.1) is 26.1 Å². The first-order valence-electron chi connectivity index (χ1n) is 11.2. The summed E-state index contributed by atoms with van der Waals surface area (Å²) in [5, 5.41) is 0. The predicted molar refractivity (Wildman–Crippen MR) is 109 cm³/mol. The quantitative estimate of drug-likeness (QED) is 0.316. The predicted octanol–water partition coefficient (Wildman–Crippen LogP) is 1.85. The number of fused-ring (bicyclic) bond motifs is 1. The molecule has 2 aliphatic rings. The molecule has 0 aromatic heterocycles. The molecule has 3 unspecified atom stereocenters. The smallest absolute Gasteiger partial charge is 0.309 e. The van der Waals surface area contributed by atoms with Crippen LogP contribution in [0.15, 0.2) is 0 Å². The standard InChI is InChI=1S/C22H34O10/c1-5-7-17(23)29-13(3)9-19(25)31-15-11-27-22-16(12-28-21(15)22)32-20(26)10-14(4)30-18(24)8-6-2/h13-16,21-22H,5-12H2,1-4H3/t13-,14?,15?,16?,21-,22-/m1/s1. The number of carbonyl (C=O) groups excluding carboxylic acids is 4. The van der Waals surface area contributed by atoms with Gasteiger partial charge in [-0.05, 0) is 26.7 Å². The first-order chi connectivity index (χ1) is 15.2. The van der Waals surface area contributed by atoms with Crippen LogP contribution in [-0.4, -0.2) is 73.7 Å². The van der Waals surface area contributed by atoms with Gasteiger partial charge in [-0.3, -0.25) is 19.2 Å². The van der Waals surface area contributed by atoms with E-state index in [4.69, 9.17) is 28.4 Å². The maximum atomic E-state index is 12.2. The van der Waals surface area contributed by atoms with Crippen LogP contribution in [0.2, 0.25) is 0 Å². The number of hydrogen-bond donors (Lipinski definition) is 0. The van der Waals surface area contributed by atoms with Gasteiger partial charge >= 0.3 is 23.9 Å². The maximum absolute atomic E-state index is 12.2. The SMILES string of the molecule is CCCC(=O)OC(C)CC(=O)OC1CO[C@@H]2C(OC(=O)C[C@@H](C)OC(=O)CCC)CO[C@H]12. The van der Waals surface area contributed by atoms with Gasteiger partial charge in [-0.2, -0.15) is 0 Å². The second-order valence-electron chi connectivity index (χ2n) is 8.16. The molecule has 2 aliphatic heterocycles. The average Bonchev–Trinajstić information content (AvgIpc) is 3.25. The molecule has 0 aromatic rings. The van der Waals surface area contributed by atoms with E-state index in [0.29, 0.717) is 25.7 Å². The van der Waals surface area contributed by atoms with Gasteiger partial charge in [-0.15, -0.1) is 0 Å². The van der Waals surface area contributed by atoms with Gasteiger partial charge in [0.25, 0.3) is 0 Å². The Morgan fingerprint density at radius 3 is 1.44 bits per heavy atom. The van der Waals surface area contributed by atoms with Crippen molar-refractivity contribution >= 4 is 23.9 Å². The van der Waals surface area contributed by atoms with Crippen molar-refractivity contribution in [1.82, 2.24) is 0 Å². The Bertz CT molecular complexity index is 607. The normalized spacial score (nSPS) is 26.0. The Morgan fingerprint density at radius 2 is 1.09 bits per heavy atom. The summed E-state index contributed by atoms with van der Waals surface area (Å²) in [4.78, 5) is 47.4. The molecule has 2 saturated heterocycles. The fourth-order valence-electron chi connectivity index (χ4n) is 3.59. The van der Waals surface area contributed by atoms with Crippen LogP contribution in [0.25, 0.3) is 0 Å². The van der Waals surface area contributed by atoms with Crippen molar-refractivity contribution in [2.24, 2.45) is 0 Å². The van der Waals surface area contributed by atoms with Gasteiger partial charge in [0, 0.05) is 12.8 Å². The van der Waals surface area contributed by atoms with Crippen molar-refractivity contribution in [2.75, 3.05) is 13.2 Å². The highest BCUT2D eigenvalue weighted by molar-refractivity contribution is 5.73. The van der Waals surface area contributed by atoms with Crippen LogP contribution in [0.4, 0.5) is 0 Å². The van der Waals surface area contributed by atoms with Gasteiger partial charge in [-0.25, -0.2) is 0 Å². The highest BCUT2D eigenvalue weighted by Crippen LogP contribution is 2.31. The van der Waals surface area contributed by atoms with Crippen molar-refractivity contribution in [1.29, 1.82) is 0 Å². The lowest BCUT2D eigenvalue weighted by Gasteiger charge is -2.19. The third-order valence-corrected chi connectivity index (χ3v) is 5.01. The summed E-state index contributed by atoms with van der Waals surface area (Å²) < 4.78 is 32.5.